The van der Waals surface area contributed by atoms with Crippen LogP contribution in [0.4, 0.5) is 0 Å². The van der Waals surface area contributed by atoms with Crippen LogP contribution < -0.4 is 4.74 Å². The normalized spacial score (nSPS) is 12.8. The maximum Gasteiger partial charge on any atom is 0.333 e. The molecule has 0 bridgehead atoms. The highest BCUT2D eigenvalue weighted by Gasteiger charge is 2.18. The molecule has 0 saturated carbocycles. The number of carboxylic acids is 1. The maximum atomic E-state index is 11.3. The summed E-state index contributed by atoms with van der Waals surface area (Å²) in [5.41, 5.74) is 4.73. The van der Waals surface area contributed by atoms with Crippen LogP contribution in [0.15, 0.2) is 78.9 Å². The number of rotatable bonds is 11. The Kier molecular flexibility index (Phi) is 8.25. The second-order valence-corrected chi connectivity index (χ2v) is 7.64. The lowest BCUT2D eigenvalue weighted by atomic mass is 9.88. The first-order valence-electron chi connectivity index (χ1n) is 10.7. The van der Waals surface area contributed by atoms with Crippen molar-refractivity contribution in [3.8, 4) is 5.75 Å². The number of carbonyl (C=O) groups is 1. The van der Waals surface area contributed by atoms with Crippen molar-refractivity contribution >= 4 is 5.97 Å². The Balaban J connectivity index is 1.61. The van der Waals surface area contributed by atoms with Gasteiger partial charge in [-0.05, 0) is 49.1 Å². The van der Waals surface area contributed by atoms with E-state index in [0.29, 0.717) is 19.6 Å². The summed E-state index contributed by atoms with van der Waals surface area (Å²) in [6, 6.07) is 26.8. The minimum atomic E-state index is -0.940. The van der Waals surface area contributed by atoms with Crippen LogP contribution in [-0.4, -0.2) is 30.4 Å². The van der Waals surface area contributed by atoms with Gasteiger partial charge in [0.1, 0.15) is 5.75 Å². The van der Waals surface area contributed by atoms with Gasteiger partial charge in [-0.15, -0.1) is 0 Å². The summed E-state index contributed by atoms with van der Waals surface area (Å²) in [5.74, 6) is 0.108. The Hall–Kier alpha value is -3.11. The van der Waals surface area contributed by atoms with Gasteiger partial charge in [0, 0.05) is 18.9 Å². The monoisotopic (exact) mass is 418 g/mol. The van der Waals surface area contributed by atoms with Crippen molar-refractivity contribution in [2.45, 2.75) is 38.7 Å². The van der Waals surface area contributed by atoms with Crippen molar-refractivity contribution in [2.75, 3.05) is 13.2 Å². The van der Waals surface area contributed by atoms with Gasteiger partial charge in [-0.2, -0.15) is 0 Å². The molecule has 31 heavy (non-hydrogen) atoms. The predicted molar refractivity (Wildman–Crippen MR) is 123 cm³/mol. The van der Waals surface area contributed by atoms with E-state index in [0.717, 1.165) is 17.7 Å². The first-order valence-corrected chi connectivity index (χ1v) is 10.7. The van der Waals surface area contributed by atoms with Crippen molar-refractivity contribution in [1.29, 1.82) is 0 Å². The van der Waals surface area contributed by atoms with E-state index in [1.807, 2.05) is 30.3 Å². The Morgan fingerprint density at radius 2 is 1.55 bits per heavy atom. The molecule has 3 rings (SSSR count). The van der Waals surface area contributed by atoms with Crippen molar-refractivity contribution in [2.24, 2.45) is 0 Å². The van der Waals surface area contributed by atoms with Crippen LogP contribution in [0.5, 0.6) is 5.75 Å². The fraction of sp³-hybridized carbons (Fsp3) is 0.296. The number of aryl methyl sites for hydroxylation is 1. The molecule has 0 aromatic heterocycles. The Morgan fingerprint density at radius 3 is 2.16 bits per heavy atom. The molecule has 0 aliphatic rings. The molecular formula is C27H30O4. The summed E-state index contributed by atoms with van der Waals surface area (Å²) >= 11 is 0. The number of carboxylic acid groups (broad SMARTS) is 1. The SMILES string of the molecule is CCOC(Cc1ccc(OCCC(c2ccccc2)c2ccc(C)cc2)cc1)C(=O)O. The lowest BCUT2D eigenvalue weighted by Crippen LogP contribution is -2.26. The first kappa shape index (κ1) is 22.6. The summed E-state index contributed by atoms with van der Waals surface area (Å²) in [6.07, 6.45) is 0.380. The molecule has 0 amide bonds. The molecule has 2 unspecified atom stereocenters. The lowest BCUT2D eigenvalue weighted by Gasteiger charge is -2.19. The third-order valence-corrected chi connectivity index (χ3v) is 5.34. The van der Waals surface area contributed by atoms with E-state index in [-0.39, 0.29) is 5.92 Å². The first-order chi connectivity index (χ1) is 15.1. The van der Waals surface area contributed by atoms with Gasteiger partial charge in [-0.25, -0.2) is 4.79 Å². The van der Waals surface area contributed by atoms with Crippen LogP contribution in [0.2, 0.25) is 0 Å². The second kappa shape index (κ2) is 11.3. The van der Waals surface area contributed by atoms with Crippen molar-refractivity contribution < 1.29 is 19.4 Å². The van der Waals surface area contributed by atoms with Gasteiger partial charge in [0.05, 0.1) is 6.61 Å². The van der Waals surface area contributed by atoms with Crippen LogP contribution in [0, 0.1) is 6.92 Å². The average Bonchev–Trinajstić information content (AvgIpc) is 2.79. The van der Waals surface area contributed by atoms with E-state index in [1.165, 1.54) is 16.7 Å². The second-order valence-electron chi connectivity index (χ2n) is 7.64. The summed E-state index contributed by atoms with van der Waals surface area (Å²) in [6.45, 7) is 4.86. The quantitative estimate of drug-likeness (QED) is 0.439. The topological polar surface area (TPSA) is 55.8 Å². The molecule has 4 nitrogen and oxygen atoms in total. The zero-order chi connectivity index (χ0) is 22.1. The van der Waals surface area contributed by atoms with Crippen molar-refractivity contribution in [3.05, 3.63) is 101 Å². The Bertz CT molecular complexity index is 933. The molecular weight excluding hydrogens is 388 g/mol. The highest BCUT2D eigenvalue weighted by molar-refractivity contribution is 5.72. The fourth-order valence-corrected chi connectivity index (χ4v) is 3.66. The maximum absolute atomic E-state index is 11.3. The standard InChI is InChI=1S/C27H30O4/c1-3-30-26(27(28)29)19-21-11-15-24(16-12-21)31-18-17-25(22-7-5-4-6-8-22)23-13-9-20(2)10-14-23/h4-16,25-26H,3,17-19H2,1-2H3,(H,28,29). The average molecular weight is 419 g/mol. The van der Waals surface area contributed by atoms with Crippen LogP contribution in [0.1, 0.15) is 41.5 Å². The zero-order valence-electron chi connectivity index (χ0n) is 18.2. The van der Waals surface area contributed by atoms with Crippen LogP contribution >= 0.6 is 0 Å². The van der Waals surface area contributed by atoms with Gasteiger partial charge in [0.25, 0.3) is 0 Å². The van der Waals surface area contributed by atoms with E-state index in [1.54, 1.807) is 6.92 Å². The molecule has 0 heterocycles. The molecule has 0 fully saturated rings. The van der Waals surface area contributed by atoms with Gasteiger partial charge in [0.15, 0.2) is 6.10 Å². The van der Waals surface area contributed by atoms with Gasteiger partial charge >= 0.3 is 5.97 Å². The zero-order valence-corrected chi connectivity index (χ0v) is 18.2. The lowest BCUT2D eigenvalue weighted by molar-refractivity contribution is -0.149. The third kappa shape index (κ3) is 6.69. The highest BCUT2D eigenvalue weighted by atomic mass is 16.5. The number of hydrogen-bond acceptors (Lipinski definition) is 3. The number of benzene rings is 3. The molecule has 0 aliphatic carbocycles. The van der Waals surface area contributed by atoms with E-state index in [4.69, 9.17) is 9.47 Å². The number of aliphatic carboxylic acids is 1. The Labute approximate surface area is 184 Å². The van der Waals surface area contributed by atoms with Gasteiger partial charge < -0.3 is 14.6 Å². The summed E-state index contributed by atoms with van der Waals surface area (Å²) in [7, 11) is 0. The van der Waals surface area contributed by atoms with Gasteiger partial charge in [-0.1, -0.05) is 72.3 Å². The fourth-order valence-electron chi connectivity index (χ4n) is 3.66. The molecule has 4 heteroatoms. The Morgan fingerprint density at radius 1 is 0.903 bits per heavy atom. The molecule has 162 valence electrons. The highest BCUT2D eigenvalue weighted by Crippen LogP contribution is 2.28. The minimum Gasteiger partial charge on any atom is -0.494 e. The molecule has 0 radical (unpaired) electrons. The van der Waals surface area contributed by atoms with Crippen molar-refractivity contribution in [3.63, 3.8) is 0 Å². The van der Waals surface area contributed by atoms with E-state index in [2.05, 4.69) is 55.5 Å². The summed E-state index contributed by atoms with van der Waals surface area (Å²) in [5, 5.41) is 9.24. The summed E-state index contributed by atoms with van der Waals surface area (Å²) < 4.78 is 11.3. The molecule has 2 atom stereocenters. The summed E-state index contributed by atoms with van der Waals surface area (Å²) in [4.78, 5) is 11.3. The molecule has 1 N–H and O–H groups in total. The van der Waals surface area contributed by atoms with Crippen LogP contribution in [0.25, 0.3) is 0 Å². The largest absolute Gasteiger partial charge is 0.494 e. The molecule has 0 aliphatic heterocycles. The van der Waals surface area contributed by atoms with Gasteiger partial charge in [-0.3, -0.25) is 0 Å². The molecule has 3 aromatic carbocycles. The van der Waals surface area contributed by atoms with Crippen LogP contribution in [0.3, 0.4) is 0 Å². The minimum absolute atomic E-state index is 0.267. The van der Waals surface area contributed by atoms with E-state index >= 15 is 0 Å². The van der Waals surface area contributed by atoms with Gasteiger partial charge in [0.2, 0.25) is 0 Å². The molecule has 0 saturated heterocycles. The predicted octanol–water partition coefficient (Wildman–Crippen LogP) is 5.63. The smallest absolute Gasteiger partial charge is 0.333 e. The molecule has 0 spiro atoms. The van der Waals surface area contributed by atoms with E-state index < -0.39 is 12.1 Å². The van der Waals surface area contributed by atoms with Crippen molar-refractivity contribution in [1.82, 2.24) is 0 Å². The third-order valence-electron chi connectivity index (χ3n) is 5.34. The number of ether oxygens (including phenoxy) is 2. The molecule has 3 aromatic rings. The van der Waals surface area contributed by atoms with E-state index in [9.17, 15) is 9.90 Å². The van der Waals surface area contributed by atoms with Crippen LogP contribution in [-0.2, 0) is 16.0 Å². The number of hydrogen-bond donors (Lipinski definition) is 1.